The van der Waals surface area contributed by atoms with E-state index in [9.17, 15) is 4.39 Å². The van der Waals surface area contributed by atoms with Gasteiger partial charge in [0.15, 0.2) is 0 Å². The van der Waals surface area contributed by atoms with Crippen LogP contribution in [0.15, 0.2) is 24.3 Å². The summed E-state index contributed by atoms with van der Waals surface area (Å²) in [6.07, 6.45) is 0. The average molecular weight is 298 g/mol. The predicted molar refractivity (Wildman–Crippen MR) is 76.7 cm³/mol. The van der Waals surface area contributed by atoms with E-state index in [1.807, 2.05) is 13.8 Å². The SMILES string of the molecule is Cc1nn(-c2ccc(F)cc2)c(Cl)c1CN[C@H](C)CO. The largest absolute Gasteiger partial charge is 0.395 e. The van der Waals surface area contributed by atoms with Gasteiger partial charge in [-0.05, 0) is 38.1 Å². The molecule has 0 fully saturated rings. The highest BCUT2D eigenvalue weighted by Gasteiger charge is 2.15. The Balaban J connectivity index is 2.26. The van der Waals surface area contributed by atoms with Crippen molar-refractivity contribution in [2.24, 2.45) is 0 Å². The molecule has 2 aromatic rings. The van der Waals surface area contributed by atoms with Gasteiger partial charge in [0.2, 0.25) is 0 Å². The summed E-state index contributed by atoms with van der Waals surface area (Å²) in [7, 11) is 0. The molecule has 0 aliphatic rings. The normalized spacial score (nSPS) is 12.7. The fraction of sp³-hybridized carbons (Fsp3) is 0.357. The molecule has 0 amide bonds. The van der Waals surface area contributed by atoms with Gasteiger partial charge in [0.05, 0.1) is 18.0 Å². The number of hydrogen-bond acceptors (Lipinski definition) is 3. The minimum atomic E-state index is -0.299. The molecule has 0 bridgehead atoms. The summed E-state index contributed by atoms with van der Waals surface area (Å²) in [6, 6.07) is 5.98. The standard InChI is InChI=1S/C14H17ClFN3O/c1-9(8-20)17-7-13-10(2)18-19(14(13)15)12-5-3-11(16)4-6-12/h3-6,9,17,20H,7-8H2,1-2H3/t9-/m1/s1. The third-order valence-electron chi connectivity index (χ3n) is 3.09. The number of aliphatic hydroxyl groups excluding tert-OH is 1. The highest BCUT2D eigenvalue weighted by atomic mass is 35.5. The number of halogens is 2. The zero-order valence-electron chi connectivity index (χ0n) is 11.4. The lowest BCUT2D eigenvalue weighted by Gasteiger charge is -2.10. The zero-order valence-corrected chi connectivity index (χ0v) is 12.2. The van der Waals surface area contributed by atoms with Crippen LogP contribution in [0.5, 0.6) is 0 Å². The summed E-state index contributed by atoms with van der Waals surface area (Å²) < 4.78 is 14.5. The number of rotatable bonds is 5. The van der Waals surface area contributed by atoms with Crippen molar-refractivity contribution < 1.29 is 9.50 Å². The predicted octanol–water partition coefficient (Wildman–Crippen LogP) is 2.44. The van der Waals surface area contributed by atoms with Gasteiger partial charge in [0.25, 0.3) is 0 Å². The average Bonchev–Trinajstić information content (AvgIpc) is 2.72. The summed E-state index contributed by atoms with van der Waals surface area (Å²) in [5.74, 6) is -0.299. The fourth-order valence-electron chi connectivity index (χ4n) is 1.83. The smallest absolute Gasteiger partial charge is 0.137 e. The molecule has 1 aromatic heterocycles. The summed E-state index contributed by atoms with van der Waals surface area (Å²) in [5, 5.41) is 17.0. The van der Waals surface area contributed by atoms with E-state index in [1.165, 1.54) is 12.1 Å². The number of nitrogens with zero attached hydrogens (tertiary/aromatic N) is 2. The monoisotopic (exact) mass is 297 g/mol. The van der Waals surface area contributed by atoms with Crippen LogP contribution in [0.1, 0.15) is 18.2 Å². The van der Waals surface area contributed by atoms with E-state index >= 15 is 0 Å². The van der Waals surface area contributed by atoms with E-state index in [1.54, 1.807) is 16.8 Å². The minimum absolute atomic E-state index is 0.0142. The number of aliphatic hydroxyl groups is 1. The second-order valence-corrected chi connectivity index (χ2v) is 5.07. The van der Waals surface area contributed by atoms with E-state index in [4.69, 9.17) is 16.7 Å². The maximum absolute atomic E-state index is 12.9. The molecule has 0 saturated carbocycles. The third kappa shape index (κ3) is 3.17. The Morgan fingerprint density at radius 2 is 2.05 bits per heavy atom. The van der Waals surface area contributed by atoms with Gasteiger partial charge in [-0.2, -0.15) is 5.10 Å². The molecule has 4 nitrogen and oxygen atoms in total. The Morgan fingerprint density at radius 1 is 1.40 bits per heavy atom. The molecule has 0 saturated heterocycles. The lowest BCUT2D eigenvalue weighted by Crippen LogP contribution is -2.28. The second kappa shape index (κ2) is 6.35. The second-order valence-electron chi connectivity index (χ2n) is 4.71. The molecule has 6 heteroatoms. The zero-order chi connectivity index (χ0) is 14.7. The number of benzene rings is 1. The summed E-state index contributed by atoms with van der Waals surface area (Å²) in [4.78, 5) is 0. The molecule has 0 spiro atoms. The van der Waals surface area contributed by atoms with Crippen LogP contribution in [0, 0.1) is 12.7 Å². The van der Waals surface area contributed by atoms with Crippen LogP contribution in [0.3, 0.4) is 0 Å². The number of aryl methyl sites for hydroxylation is 1. The minimum Gasteiger partial charge on any atom is -0.395 e. The molecule has 20 heavy (non-hydrogen) atoms. The Bertz CT molecular complexity index is 583. The molecule has 2 rings (SSSR count). The van der Waals surface area contributed by atoms with Crippen molar-refractivity contribution in [3.63, 3.8) is 0 Å². The van der Waals surface area contributed by atoms with Crippen LogP contribution >= 0.6 is 11.6 Å². The van der Waals surface area contributed by atoms with Crippen LogP contribution in [-0.2, 0) is 6.54 Å². The van der Waals surface area contributed by atoms with Gasteiger partial charge < -0.3 is 10.4 Å². The quantitative estimate of drug-likeness (QED) is 0.891. The third-order valence-corrected chi connectivity index (χ3v) is 3.48. The van der Waals surface area contributed by atoms with Crippen molar-refractivity contribution >= 4 is 11.6 Å². The van der Waals surface area contributed by atoms with Crippen molar-refractivity contribution in [1.29, 1.82) is 0 Å². The van der Waals surface area contributed by atoms with Crippen LogP contribution in [0.2, 0.25) is 5.15 Å². The van der Waals surface area contributed by atoms with Gasteiger partial charge >= 0.3 is 0 Å². The van der Waals surface area contributed by atoms with Crippen molar-refractivity contribution in [3.05, 3.63) is 46.5 Å². The molecule has 1 heterocycles. The molecular formula is C14H17ClFN3O. The van der Waals surface area contributed by atoms with E-state index in [-0.39, 0.29) is 18.5 Å². The molecule has 0 aliphatic heterocycles. The Labute approximate surface area is 122 Å². The molecule has 2 N–H and O–H groups in total. The molecular weight excluding hydrogens is 281 g/mol. The van der Waals surface area contributed by atoms with Gasteiger partial charge in [-0.1, -0.05) is 11.6 Å². The first-order valence-corrected chi connectivity index (χ1v) is 6.75. The first-order chi connectivity index (χ1) is 9.52. The maximum Gasteiger partial charge on any atom is 0.137 e. The van der Waals surface area contributed by atoms with E-state index < -0.39 is 0 Å². The van der Waals surface area contributed by atoms with Gasteiger partial charge in [-0.25, -0.2) is 9.07 Å². The maximum atomic E-state index is 12.9. The summed E-state index contributed by atoms with van der Waals surface area (Å²) >= 11 is 6.33. The van der Waals surface area contributed by atoms with Crippen LogP contribution in [0.25, 0.3) is 5.69 Å². The molecule has 0 aliphatic carbocycles. The lowest BCUT2D eigenvalue weighted by molar-refractivity contribution is 0.251. The lowest BCUT2D eigenvalue weighted by atomic mass is 10.2. The molecule has 108 valence electrons. The molecule has 0 radical (unpaired) electrons. The summed E-state index contributed by atoms with van der Waals surface area (Å²) in [5.41, 5.74) is 2.38. The molecule has 1 aromatic carbocycles. The van der Waals surface area contributed by atoms with Crippen molar-refractivity contribution in [2.45, 2.75) is 26.4 Å². The fourth-order valence-corrected chi connectivity index (χ4v) is 2.17. The van der Waals surface area contributed by atoms with E-state index in [0.717, 1.165) is 11.3 Å². The van der Waals surface area contributed by atoms with Crippen molar-refractivity contribution in [3.8, 4) is 5.69 Å². The topological polar surface area (TPSA) is 50.1 Å². The van der Waals surface area contributed by atoms with Crippen molar-refractivity contribution in [1.82, 2.24) is 15.1 Å². The number of hydrogen-bond donors (Lipinski definition) is 2. The Morgan fingerprint density at radius 3 is 2.65 bits per heavy atom. The van der Waals surface area contributed by atoms with Gasteiger partial charge in [0, 0.05) is 18.2 Å². The first kappa shape index (κ1) is 15.0. The van der Waals surface area contributed by atoms with Gasteiger partial charge in [-0.3, -0.25) is 0 Å². The van der Waals surface area contributed by atoms with Crippen LogP contribution < -0.4 is 5.32 Å². The molecule has 0 unspecified atom stereocenters. The Hall–Kier alpha value is -1.43. The number of aromatic nitrogens is 2. The van der Waals surface area contributed by atoms with E-state index in [2.05, 4.69) is 10.4 Å². The summed E-state index contributed by atoms with van der Waals surface area (Å²) in [6.45, 7) is 4.33. The highest BCUT2D eigenvalue weighted by molar-refractivity contribution is 6.30. The first-order valence-electron chi connectivity index (χ1n) is 6.37. The van der Waals surface area contributed by atoms with E-state index in [0.29, 0.717) is 17.4 Å². The van der Waals surface area contributed by atoms with Gasteiger partial charge in [0.1, 0.15) is 11.0 Å². The van der Waals surface area contributed by atoms with Gasteiger partial charge in [-0.15, -0.1) is 0 Å². The molecule has 1 atom stereocenters. The number of nitrogens with one attached hydrogen (secondary N) is 1. The van der Waals surface area contributed by atoms with Crippen molar-refractivity contribution in [2.75, 3.05) is 6.61 Å². The van der Waals surface area contributed by atoms with Crippen LogP contribution in [0.4, 0.5) is 4.39 Å². The van der Waals surface area contributed by atoms with Crippen LogP contribution in [-0.4, -0.2) is 27.5 Å². The highest BCUT2D eigenvalue weighted by Crippen LogP contribution is 2.23. The Kier molecular flexibility index (Phi) is 4.75.